The third-order valence-electron chi connectivity index (χ3n) is 5.05. The molecule has 2 fully saturated rings. The maximum absolute atomic E-state index is 12.6. The average Bonchev–Trinajstić information content (AvgIpc) is 2.54. The Morgan fingerprint density at radius 2 is 1.95 bits per heavy atom. The summed E-state index contributed by atoms with van der Waals surface area (Å²) in [5.41, 5.74) is 0. The molecule has 0 bridgehead atoms. The molecule has 0 aromatic heterocycles. The average molecular weight is 330 g/mol. The molecule has 2 aliphatic rings. The van der Waals surface area contributed by atoms with Crippen molar-refractivity contribution < 1.29 is 9.00 Å². The van der Waals surface area contributed by atoms with Crippen LogP contribution in [0.1, 0.15) is 45.4 Å². The summed E-state index contributed by atoms with van der Waals surface area (Å²) in [5, 5.41) is 3.33. The number of amides is 2. The number of urea groups is 1. The molecule has 0 unspecified atom stereocenters. The zero-order valence-electron chi connectivity index (χ0n) is 14.2. The Morgan fingerprint density at radius 1 is 1.23 bits per heavy atom. The smallest absolute Gasteiger partial charge is 0.317 e. The highest BCUT2D eigenvalue weighted by Crippen LogP contribution is 2.24. The monoisotopic (exact) mass is 329 g/mol. The zero-order valence-corrected chi connectivity index (χ0v) is 15.0. The molecule has 1 aliphatic heterocycles. The second kappa shape index (κ2) is 8.29. The normalized spacial score (nSPS) is 31.1. The minimum absolute atomic E-state index is 0.0385. The summed E-state index contributed by atoms with van der Waals surface area (Å²) in [6.45, 7) is 3.60. The van der Waals surface area contributed by atoms with Crippen molar-refractivity contribution in [2.45, 2.75) is 62.8 Å². The summed E-state index contributed by atoms with van der Waals surface area (Å²) in [4.78, 5) is 16.7. The Hall–Kier alpha value is -0.620. The van der Waals surface area contributed by atoms with Crippen LogP contribution in [0.4, 0.5) is 4.79 Å². The van der Waals surface area contributed by atoms with Gasteiger partial charge in [-0.05, 0) is 39.8 Å². The Balaban J connectivity index is 1.93. The van der Waals surface area contributed by atoms with Gasteiger partial charge in [-0.2, -0.15) is 0 Å². The van der Waals surface area contributed by atoms with E-state index in [2.05, 4.69) is 24.3 Å². The first-order valence-electron chi connectivity index (χ1n) is 8.62. The zero-order chi connectivity index (χ0) is 16.1. The second-order valence-electron chi connectivity index (χ2n) is 6.75. The van der Waals surface area contributed by atoms with Crippen LogP contribution in [0.2, 0.25) is 0 Å². The molecule has 0 aromatic rings. The van der Waals surface area contributed by atoms with E-state index >= 15 is 0 Å². The quantitative estimate of drug-likeness (QED) is 0.856. The number of rotatable bonds is 4. The molecule has 4 atom stereocenters. The van der Waals surface area contributed by atoms with E-state index in [4.69, 9.17) is 0 Å². The fourth-order valence-corrected chi connectivity index (χ4v) is 5.03. The first-order valence-corrected chi connectivity index (χ1v) is 10.00. The molecular formula is C16H31N3O2S. The fourth-order valence-electron chi connectivity index (χ4n) is 3.60. The van der Waals surface area contributed by atoms with E-state index in [0.29, 0.717) is 11.8 Å². The molecule has 22 heavy (non-hydrogen) atoms. The van der Waals surface area contributed by atoms with Gasteiger partial charge in [-0.3, -0.25) is 4.21 Å². The fraction of sp³-hybridized carbons (Fsp3) is 0.938. The van der Waals surface area contributed by atoms with Crippen LogP contribution in [-0.2, 0) is 10.8 Å². The molecular weight excluding hydrogens is 298 g/mol. The minimum atomic E-state index is -0.821. The van der Waals surface area contributed by atoms with E-state index in [1.807, 2.05) is 11.8 Å². The number of carbonyl (C=O) groups excluding carboxylic acids is 1. The largest absolute Gasteiger partial charge is 0.334 e. The Kier molecular flexibility index (Phi) is 6.68. The third kappa shape index (κ3) is 4.44. The maximum Gasteiger partial charge on any atom is 0.317 e. The summed E-state index contributed by atoms with van der Waals surface area (Å²) in [6, 6.07) is 0.574. The lowest BCUT2D eigenvalue weighted by atomic mass is 9.95. The van der Waals surface area contributed by atoms with Crippen LogP contribution in [-0.4, -0.2) is 70.3 Å². The first kappa shape index (κ1) is 17.7. The molecule has 0 radical (unpaired) electrons. The lowest BCUT2D eigenvalue weighted by Crippen LogP contribution is -2.55. The van der Waals surface area contributed by atoms with Gasteiger partial charge < -0.3 is 15.1 Å². The van der Waals surface area contributed by atoms with Gasteiger partial charge in [0.25, 0.3) is 0 Å². The SMILES string of the molecule is CC[S@](=O)[C@@H]1CCCC[C@@H]1NC(=O)N1CCC[C@@H](N(C)C)C1. The number of likely N-dealkylation sites (tertiary alicyclic amines) is 1. The van der Waals surface area contributed by atoms with Crippen LogP contribution in [0.25, 0.3) is 0 Å². The summed E-state index contributed by atoms with van der Waals surface area (Å²) in [5.74, 6) is 0.684. The number of carbonyl (C=O) groups is 1. The van der Waals surface area contributed by atoms with E-state index in [0.717, 1.165) is 51.6 Å². The molecule has 0 aromatic carbocycles. The molecule has 1 N–H and O–H groups in total. The summed E-state index contributed by atoms with van der Waals surface area (Å²) in [7, 11) is 3.33. The molecule has 2 amide bonds. The lowest BCUT2D eigenvalue weighted by molar-refractivity contribution is 0.136. The van der Waals surface area contributed by atoms with E-state index in [9.17, 15) is 9.00 Å². The highest BCUT2D eigenvalue weighted by Gasteiger charge is 2.32. The number of likely N-dealkylation sites (N-methyl/N-ethyl adjacent to an activating group) is 1. The Bertz CT molecular complexity index is 403. The standard InChI is InChI=1S/C16H31N3O2S/c1-4-22(21)15-10-6-5-9-14(15)17-16(20)19-11-7-8-13(12-19)18(2)3/h13-15H,4-12H2,1-3H3,(H,17,20)/t13-,14+,15-,22+/m1/s1. The van der Waals surface area contributed by atoms with Crippen LogP contribution in [0, 0.1) is 0 Å². The summed E-state index contributed by atoms with van der Waals surface area (Å²) >= 11 is 0. The highest BCUT2D eigenvalue weighted by molar-refractivity contribution is 7.85. The first-order chi connectivity index (χ1) is 10.5. The van der Waals surface area contributed by atoms with Gasteiger partial charge >= 0.3 is 6.03 Å². The van der Waals surface area contributed by atoms with Crippen molar-refractivity contribution in [2.75, 3.05) is 32.9 Å². The van der Waals surface area contributed by atoms with Crippen molar-refractivity contribution >= 4 is 16.8 Å². The molecule has 1 heterocycles. The van der Waals surface area contributed by atoms with E-state index in [1.54, 1.807) is 0 Å². The van der Waals surface area contributed by atoms with Gasteiger partial charge in [0.1, 0.15) is 0 Å². The van der Waals surface area contributed by atoms with E-state index in [1.165, 1.54) is 0 Å². The van der Waals surface area contributed by atoms with Crippen LogP contribution in [0.3, 0.4) is 0 Å². The topological polar surface area (TPSA) is 52.7 Å². The number of hydrogen-bond donors (Lipinski definition) is 1. The minimum Gasteiger partial charge on any atom is -0.334 e. The van der Waals surface area contributed by atoms with Crippen LogP contribution < -0.4 is 5.32 Å². The van der Waals surface area contributed by atoms with Crippen molar-refractivity contribution in [1.29, 1.82) is 0 Å². The van der Waals surface area contributed by atoms with Crippen LogP contribution in [0.15, 0.2) is 0 Å². The Morgan fingerprint density at radius 3 is 2.64 bits per heavy atom. The van der Waals surface area contributed by atoms with Crippen LogP contribution in [0.5, 0.6) is 0 Å². The third-order valence-corrected chi connectivity index (χ3v) is 6.86. The van der Waals surface area contributed by atoms with E-state index < -0.39 is 10.8 Å². The van der Waals surface area contributed by atoms with Gasteiger partial charge in [-0.1, -0.05) is 19.8 Å². The van der Waals surface area contributed by atoms with Gasteiger partial charge in [0, 0.05) is 41.7 Å². The van der Waals surface area contributed by atoms with Gasteiger partial charge in [0.15, 0.2) is 0 Å². The van der Waals surface area contributed by atoms with Crippen molar-refractivity contribution in [3.05, 3.63) is 0 Å². The van der Waals surface area contributed by atoms with Crippen molar-refractivity contribution in [3.63, 3.8) is 0 Å². The summed E-state index contributed by atoms with van der Waals surface area (Å²) < 4.78 is 12.2. The van der Waals surface area contributed by atoms with Gasteiger partial charge in [0.05, 0.1) is 5.25 Å². The molecule has 1 saturated carbocycles. The lowest BCUT2D eigenvalue weighted by Gasteiger charge is -2.38. The molecule has 5 nitrogen and oxygen atoms in total. The molecule has 2 rings (SSSR count). The predicted octanol–water partition coefficient (Wildman–Crippen LogP) is 1.80. The number of nitrogens with one attached hydrogen (secondary N) is 1. The second-order valence-corrected chi connectivity index (χ2v) is 8.70. The molecule has 6 heteroatoms. The predicted molar refractivity (Wildman–Crippen MR) is 91.5 cm³/mol. The highest BCUT2D eigenvalue weighted by atomic mass is 32.2. The van der Waals surface area contributed by atoms with Gasteiger partial charge in [-0.15, -0.1) is 0 Å². The van der Waals surface area contributed by atoms with Gasteiger partial charge in [0.2, 0.25) is 0 Å². The van der Waals surface area contributed by atoms with Crippen molar-refractivity contribution in [2.24, 2.45) is 0 Å². The number of nitrogens with zero attached hydrogens (tertiary/aromatic N) is 2. The maximum atomic E-state index is 12.6. The van der Waals surface area contributed by atoms with Crippen LogP contribution >= 0.6 is 0 Å². The van der Waals surface area contributed by atoms with Crippen molar-refractivity contribution in [3.8, 4) is 0 Å². The Labute approximate surface area is 137 Å². The molecule has 0 spiro atoms. The number of hydrogen-bond acceptors (Lipinski definition) is 3. The van der Waals surface area contributed by atoms with E-state index in [-0.39, 0.29) is 17.3 Å². The summed E-state index contributed by atoms with van der Waals surface area (Å²) in [6.07, 6.45) is 6.42. The molecule has 128 valence electrons. The van der Waals surface area contributed by atoms with Crippen molar-refractivity contribution in [1.82, 2.24) is 15.1 Å². The molecule has 1 aliphatic carbocycles. The molecule has 1 saturated heterocycles. The number of piperidine rings is 1. The van der Waals surface area contributed by atoms with Gasteiger partial charge in [-0.25, -0.2) is 4.79 Å².